The molecule has 0 radical (unpaired) electrons. The average Bonchev–Trinajstić information content (AvgIpc) is 2.24. The maximum absolute atomic E-state index is 12.3. The molecular weight excluding hydrogens is 227 g/mol. The second-order valence-electron chi connectivity index (χ2n) is 5.18. The summed E-state index contributed by atoms with van der Waals surface area (Å²) < 4.78 is 0. The molecule has 0 fully saturated rings. The fourth-order valence-electron chi connectivity index (χ4n) is 1.88. The molecule has 0 aliphatic heterocycles. The minimum atomic E-state index is 0.278. The lowest BCUT2D eigenvalue weighted by molar-refractivity contribution is -0.207. The molecule has 1 aromatic carbocycles. The van der Waals surface area contributed by atoms with E-state index >= 15 is 0 Å². The first kappa shape index (κ1) is 14.4. The summed E-state index contributed by atoms with van der Waals surface area (Å²) in [6.45, 7) is 12.6. The SMILES string of the molecule is Cc1cc(C)c(C)c(C([O-])=PCC(C)C)c1C. The van der Waals surface area contributed by atoms with E-state index in [1.807, 2.05) is 0 Å². The Labute approximate surface area is 107 Å². The number of benzene rings is 1. The van der Waals surface area contributed by atoms with Gasteiger partial charge in [0.25, 0.3) is 0 Å². The molecule has 94 valence electrons. The van der Waals surface area contributed by atoms with Gasteiger partial charge in [0.15, 0.2) is 0 Å². The van der Waals surface area contributed by atoms with E-state index in [1.165, 1.54) is 11.1 Å². The molecule has 17 heavy (non-hydrogen) atoms. The quantitative estimate of drug-likeness (QED) is 0.753. The minimum absolute atomic E-state index is 0.278. The summed E-state index contributed by atoms with van der Waals surface area (Å²) >= 11 is 0. The molecule has 0 aromatic heterocycles. The Morgan fingerprint density at radius 2 is 1.59 bits per heavy atom. The van der Waals surface area contributed by atoms with Crippen molar-refractivity contribution < 1.29 is 5.11 Å². The van der Waals surface area contributed by atoms with Gasteiger partial charge in [-0.3, -0.25) is 0 Å². The van der Waals surface area contributed by atoms with Crippen LogP contribution < -0.4 is 5.11 Å². The summed E-state index contributed by atoms with van der Waals surface area (Å²) in [6.07, 6.45) is 0.949. The maximum atomic E-state index is 12.3. The van der Waals surface area contributed by atoms with Crippen LogP contribution in [0.2, 0.25) is 0 Å². The summed E-state index contributed by atoms with van der Waals surface area (Å²) in [5.74, 6) is 0.576. The monoisotopic (exact) mass is 249 g/mol. The van der Waals surface area contributed by atoms with Gasteiger partial charge in [-0.25, -0.2) is 0 Å². The third-order valence-corrected chi connectivity index (χ3v) is 4.60. The van der Waals surface area contributed by atoms with Crippen molar-refractivity contribution in [3.8, 4) is 0 Å². The van der Waals surface area contributed by atoms with Gasteiger partial charge in [0, 0.05) is 0 Å². The molecule has 0 aliphatic rings. The fraction of sp³-hybridized carbons (Fsp3) is 0.533. The van der Waals surface area contributed by atoms with Gasteiger partial charge in [-0.2, -0.15) is 0 Å². The molecule has 1 nitrogen and oxygen atoms in total. The van der Waals surface area contributed by atoms with E-state index in [2.05, 4.69) is 47.6 Å². The average molecular weight is 249 g/mol. The molecule has 0 N–H and O–H groups in total. The smallest absolute Gasteiger partial charge is 0.00927 e. The molecule has 0 aliphatic carbocycles. The number of hydrogen-bond acceptors (Lipinski definition) is 1. The van der Waals surface area contributed by atoms with E-state index in [0.717, 1.165) is 31.1 Å². The summed E-state index contributed by atoms with van der Waals surface area (Å²) in [5.41, 5.74) is 5.96. The van der Waals surface area contributed by atoms with Crippen molar-refractivity contribution in [1.29, 1.82) is 0 Å². The molecule has 1 aromatic rings. The van der Waals surface area contributed by atoms with Crippen molar-refractivity contribution in [1.82, 2.24) is 0 Å². The zero-order chi connectivity index (χ0) is 13.2. The van der Waals surface area contributed by atoms with Gasteiger partial charge in [-0.1, -0.05) is 19.9 Å². The Morgan fingerprint density at radius 1 is 1.12 bits per heavy atom. The highest BCUT2D eigenvalue weighted by Gasteiger charge is 2.07. The van der Waals surface area contributed by atoms with Crippen molar-refractivity contribution in [2.45, 2.75) is 41.5 Å². The van der Waals surface area contributed by atoms with E-state index in [4.69, 9.17) is 0 Å². The zero-order valence-electron chi connectivity index (χ0n) is 11.7. The predicted octanol–water partition coefficient (Wildman–Crippen LogP) is 3.36. The molecular formula is C15H22OP-. The van der Waals surface area contributed by atoms with Gasteiger partial charge in [-0.15, -0.1) is 13.7 Å². The van der Waals surface area contributed by atoms with Crippen LogP contribution in [0.5, 0.6) is 0 Å². The largest absolute Gasteiger partial charge is 0.824 e. The molecule has 0 unspecified atom stereocenters. The summed E-state index contributed by atoms with van der Waals surface area (Å²) in [5, 5.41) is 12.3. The van der Waals surface area contributed by atoms with Crippen molar-refractivity contribution in [3.63, 3.8) is 0 Å². The maximum Gasteiger partial charge on any atom is -0.00927 e. The van der Waals surface area contributed by atoms with Crippen LogP contribution in [0.25, 0.3) is 0 Å². The first-order valence-electron chi connectivity index (χ1n) is 6.13. The Bertz CT molecular complexity index is 418. The topological polar surface area (TPSA) is 23.1 Å². The van der Waals surface area contributed by atoms with Crippen molar-refractivity contribution in [2.75, 3.05) is 6.16 Å². The van der Waals surface area contributed by atoms with E-state index in [-0.39, 0.29) is 5.48 Å². The normalized spacial score (nSPS) is 12.4. The Kier molecular flexibility index (Phi) is 4.91. The first-order valence-corrected chi connectivity index (χ1v) is 7.21. The Hall–Kier alpha value is -0.650. The summed E-state index contributed by atoms with van der Waals surface area (Å²) in [6, 6.07) is 2.17. The van der Waals surface area contributed by atoms with Crippen LogP contribution in [0.1, 0.15) is 41.7 Å². The lowest BCUT2D eigenvalue weighted by Gasteiger charge is -2.21. The van der Waals surface area contributed by atoms with Crippen LogP contribution in [0.3, 0.4) is 0 Å². The third kappa shape index (κ3) is 3.40. The molecule has 0 heterocycles. The molecule has 1 rings (SSSR count). The van der Waals surface area contributed by atoms with E-state index in [1.54, 1.807) is 0 Å². The van der Waals surface area contributed by atoms with Crippen LogP contribution >= 0.6 is 8.20 Å². The second kappa shape index (κ2) is 5.80. The highest BCUT2D eigenvalue weighted by Crippen LogP contribution is 2.23. The second-order valence-corrected chi connectivity index (χ2v) is 6.26. The molecule has 0 atom stereocenters. The molecule has 0 saturated carbocycles. The third-order valence-electron chi connectivity index (χ3n) is 3.18. The van der Waals surface area contributed by atoms with Crippen LogP contribution in [-0.2, 0) is 0 Å². The fourth-order valence-corrected chi connectivity index (χ4v) is 2.91. The predicted molar refractivity (Wildman–Crippen MR) is 76.1 cm³/mol. The highest BCUT2D eigenvalue weighted by atomic mass is 31.1. The summed E-state index contributed by atoms with van der Waals surface area (Å²) in [4.78, 5) is 0. The van der Waals surface area contributed by atoms with Gasteiger partial charge in [0.05, 0.1) is 0 Å². The van der Waals surface area contributed by atoms with E-state index in [9.17, 15) is 5.11 Å². The molecule has 0 saturated heterocycles. The first-order chi connectivity index (χ1) is 7.84. The van der Waals surface area contributed by atoms with E-state index < -0.39 is 0 Å². The zero-order valence-corrected chi connectivity index (χ0v) is 12.6. The molecule has 0 amide bonds. The Balaban J connectivity index is 3.26. The van der Waals surface area contributed by atoms with Crippen LogP contribution in [0.4, 0.5) is 0 Å². The molecule has 0 bridgehead atoms. The van der Waals surface area contributed by atoms with E-state index in [0.29, 0.717) is 5.92 Å². The van der Waals surface area contributed by atoms with Crippen molar-refractivity contribution in [2.24, 2.45) is 5.92 Å². The Morgan fingerprint density at radius 3 is 2.00 bits per heavy atom. The van der Waals surface area contributed by atoms with Gasteiger partial charge in [-0.05, 0) is 67.6 Å². The van der Waals surface area contributed by atoms with Gasteiger partial charge in [0.1, 0.15) is 0 Å². The molecule has 2 heteroatoms. The summed E-state index contributed by atoms with van der Waals surface area (Å²) in [7, 11) is 0.927. The highest BCUT2D eigenvalue weighted by molar-refractivity contribution is 7.40. The van der Waals surface area contributed by atoms with Gasteiger partial charge >= 0.3 is 0 Å². The van der Waals surface area contributed by atoms with Gasteiger partial charge in [0.2, 0.25) is 0 Å². The van der Waals surface area contributed by atoms with Crippen molar-refractivity contribution >= 4 is 13.7 Å². The van der Waals surface area contributed by atoms with Crippen molar-refractivity contribution in [3.05, 3.63) is 33.9 Å². The van der Waals surface area contributed by atoms with Gasteiger partial charge < -0.3 is 5.11 Å². The lowest BCUT2D eigenvalue weighted by Crippen LogP contribution is -2.20. The molecule has 0 spiro atoms. The van der Waals surface area contributed by atoms with Crippen LogP contribution in [0, 0.1) is 33.6 Å². The minimum Gasteiger partial charge on any atom is -0.824 e. The standard InChI is InChI=1S/C15H23OP/c1-9(2)8-17-15(16)14-12(5)10(3)7-11(4)13(14)6/h7,9,16H,8H2,1-6H3/p-1. The van der Waals surface area contributed by atoms with Crippen LogP contribution in [0.15, 0.2) is 6.07 Å². The number of rotatable bonds is 3. The lowest BCUT2D eigenvalue weighted by atomic mass is 9.95. The van der Waals surface area contributed by atoms with Crippen LogP contribution in [-0.4, -0.2) is 11.6 Å². The number of hydrogen-bond donors (Lipinski definition) is 0. The number of aryl methyl sites for hydroxylation is 2.